The van der Waals surface area contributed by atoms with Crippen molar-refractivity contribution in [3.8, 4) is 22.6 Å². The van der Waals surface area contributed by atoms with E-state index < -0.39 is 18.2 Å². The van der Waals surface area contributed by atoms with E-state index in [0.717, 1.165) is 0 Å². The van der Waals surface area contributed by atoms with Gasteiger partial charge in [-0.05, 0) is 37.6 Å². The maximum atomic E-state index is 12.2. The molecule has 2 aromatic rings. The lowest BCUT2D eigenvalue weighted by molar-refractivity contribution is -0.152. The van der Waals surface area contributed by atoms with Gasteiger partial charge in [0.15, 0.2) is 5.60 Å². The van der Waals surface area contributed by atoms with Gasteiger partial charge in [-0.25, -0.2) is 4.79 Å². The molecule has 0 amide bonds. The van der Waals surface area contributed by atoms with E-state index in [1.807, 2.05) is 0 Å². The molecular formula is C16H15F2NO4. The zero-order valence-corrected chi connectivity index (χ0v) is 12.5. The first kappa shape index (κ1) is 16.7. The summed E-state index contributed by atoms with van der Waals surface area (Å²) in [5.41, 5.74) is -0.0569. The Morgan fingerprint density at radius 1 is 1.13 bits per heavy atom. The van der Waals surface area contributed by atoms with Gasteiger partial charge in [-0.1, -0.05) is 12.1 Å². The van der Waals surface area contributed by atoms with Crippen LogP contribution < -0.4 is 9.47 Å². The number of rotatable bonds is 6. The Balaban J connectivity index is 2.18. The number of benzene rings is 1. The molecule has 23 heavy (non-hydrogen) atoms. The Hall–Kier alpha value is -2.70. The van der Waals surface area contributed by atoms with Gasteiger partial charge in [-0.3, -0.25) is 4.98 Å². The molecule has 0 unspecified atom stereocenters. The highest BCUT2D eigenvalue weighted by atomic mass is 19.3. The lowest BCUT2D eigenvalue weighted by atomic mass is 10.1. The van der Waals surface area contributed by atoms with Crippen LogP contribution in [0.2, 0.25) is 0 Å². The SMILES string of the molecule is CC(C)(Oc1ccc(-c2cncc(OC(F)F)c2)cc1)C(=O)O. The summed E-state index contributed by atoms with van der Waals surface area (Å²) < 4.78 is 34.1. The molecule has 0 saturated carbocycles. The smallest absolute Gasteiger partial charge is 0.387 e. The summed E-state index contributed by atoms with van der Waals surface area (Å²) in [6, 6.07) is 7.99. The number of pyridine rings is 1. The van der Waals surface area contributed by atoms with E-state index in [0.29, 0.717) is 16.9 Å². The monoisotopic (exact) mass is 323 g/mol. The second-order valence-corrected chi connectivity index (χ2v) is 5.23. The van der Waals surface area contributed by atoms with Crippen LogP contribution in [0.4, 0.5) is 8.78 Å². The van der Waals surface area contributed by atoms with E-state index in [1.54, 1.807) is 24.3 Å². The van der Waals surface area contributed by atoms with Crippen LogP contribution in [0.1, 0.15) is 13.8 Å². The van der Waals surface area contributed by atoms with Crippen molar-refractivity contribution in [1.82, 2.24) is 4.98 Å². The van der Waals surface area contributed by atoms with Gasteiger partial charge in [0.25, 0.3) is 0 Å². The molecule has 0 radical (unpaired) electrons. The summed E-state index contributed by atoms with van der Waals surface area (Å²) in [5, 5.41) is 9.03. The van der Waals surface area contributed by atoms with Crippen molar-refractivity contribution in [1.29, 1.82) is 0 Å². The molecule has 1 heterocycles. The van der Waals surface area contributed by atoms with E-state index >= 15 is 0 Å². The Morgan fingerprint density at radius 3 is 2.35 bits per heavy atom. The highest BCUT2D eigenvalue weighted by molar-refractivity contribution is 5.76. The van der Waals surface area contributed by atoms with Gasteiger partial charge in [-0.15, -0.1) is 0 Å². The van der Waals surface area contributed by atoms with Crippen LogP contribution in [0, 0.1) is 0 Å². The van der Waals surface area contributed by atoms with Crippen molar-refractivity contribution >= 4 is 5.97 Å². The third-order valence-corrected chi connectivity index (χ3v) is 3.01. The second kappa shape index (κ2) is 6.60. The molecule has 0 spiro atoms. The average molecular weight is 323 g/mol. The highest BCUT2D eigenvalue weighted by Crippen LogP contribution is 2.27. The summed E-state index contributed by atoms with van der Waals surface area (Å²) in [5.74, 6) is -0.735. The zero-order valence-electron chi connectivity index (χ0n) is 12.5. The number of carbonyl (C=O) groups is 1. The molecule has 1 aromatic carbocycles. The van der Waals surface area contributed by atoms with Crippen molar-refractivity contribution in [3.05, 3.63) is 42.7 Å². The summed E-state index contributed by atoms with van der Waals surface area (Å²) in [4.78, 5) is 14.9. The number of carboxylic acid groups (broad SMARTS) is 1. The van der Waals surface area contributed by atoms with Gasteiger partial charge >= 0.3 is 12.6 Å². The molecule has 0 atom stereocenters. The predicted octanol–water partition coefficient (Wildman–Crippen LogP) is 3.59. The van der Waals surface area contributed by atoms with E-state index in [2.05, 4.69) is 9.72 Å². The molecule has 2 rings (SSSR count). The van der Waals surface area contributed by atoms with Crippen LogP contribution in [0.3, 0.4) is 0 Å². The fourth-order valence-corrected chi connectivity index (χ4v) is 1.80. The standard InChI is InChI=1S/C16H15F2NO4/c1-16(2,14(20)21)23-12-5-3-10(4-6-12)11-7-13(9-19-8-11)22-15(17)18/h3-9,15H,1-2H3,(H,20,21). The maximum absolute atomic E-state index is 12.2. The number of alkyl halides is 2. The Kier molecular flexibility index (Phi) is 4.78. The molecule has 0 saturated heterocycles. The summed E-state index contributed by atoms with van der Waals surface area (Å²) in [7, 11) is 0. The number of nitrogens with zero attached hydrogens (tertiary/aromatic N) is 1. The minimum absolute atomic E-state index is 0.0372. The number of aliphatic carboxylic acids is 1. The summed E-state index contributed by atoms with van der Waals surface area (Å²) >= 11 is 0. The molecule has 1 aromatic heterocycles. The normalized spacial score (nSPS) is 11.3. The quantitative estimate of drug-likeness (QED) is 0.880. The zero-order chi connectivity index (χ0) is 17.0. The first-order chi connectivity index (χ1) is 10.8. The lowest BCUT2D eigenvalue weighted by Crippen LogP contribution is -2.37. The van der Waals surface area contributed by atoms with Gasteiger partial charge in [0.2, 0.25) is 0 Å². The van der Waals surface area contributed by atoms with Gasteiger partial charge < -0.3 is 14.6 Å². The third kappa shape index (κ3) is 4.38. The van der Waals surface area contributed by atoms with Gasteiger partial charge in [0.1, 0.15) is 11.5 Å². The van der Waals surface area contributed by atoms with Crippen LogP contribution in [0.25, 0.3) is 11.1 Å². The summed E-state index contributed by atoms with van der Waals surface area (Å²) in [6.07, 6.45) is 2.71. The molecule has 5 nitrogen and oxygen atoms in total. The van der Waals surface area contributed by atoms with Gasteiger partial charge in [-0.2, -0.15) is 8.78 Å². The van der Waals surface area contributed by atoms with Crippen molar-refractivity contribution in [2.24, 2.45) is 0 Å². The number of aromatic nitrogens is 1. The lowest BCUT2D eigenvalue weighted by Gasteiger charge is -2.21. The van der Waals surface area contributed by atoms with Crippen LogP contribution in [-0.4, -0.2) is 28.3 Å². The van der Waals surface area contributed by atoms with Crippen molar-refractivity contribution in [2.75, 3.05) is 0 Å². The molecule has 0 aliphatic heterocycles. The Labute approximate surface area is 131 Å². The fraction of sp³-hybridized carbons (Fsp3) is 0.250. The maximum Gasteiger partial charge on any atom is 0.387 e. The van der Waals surface area contributed by atoms with Gasteiger partial charge in [0, 0.05) is 11.8 Å². The predicted molar refractivity (Wildman–Crippen MR) is 78.6 cm³/mol. The van der Waals surface area contributed by atoms with Crippen molar-refractivity contribution < 1.29 is 28.2 Å². The molecule has 1 N–H and O–H groups in total. The van der Waals surface area contributed by atoms with Crippen LogP contribution in [-0.2, 0) is 4.79 Å². The van der Waals surface area contributed by atoms with E-state index in [-0.39, 0.29) is 5.75 Å². The molecule has 0 aliphatic carbocycles. The van der Waals surface area contributed by atoms with Crippen LogP contribution >= 0.6 is 0 Å². The molecule has 122 valence electrons. The Morgan fingerprint density at radius 2 is 1.78 bits per heavy atom. The Bertz CT molecular complexity index is 687. The minimum atomic E-state index is -2.92. The molecule has 0 fully saturated rings. The van der Waals surface area contributed by atoms with E-state index in [4.69, 9.17) is 9.84 Å². The number of halogens is 2. The number of carboxylic acids is 1. The van der Waals surface area contributed by atoms with Crippen LogP contribution in [0.15, 0.2) is 42.7 Å². The van der Waals surface area contributed by atoms with E-state index in [1.165, 1.54) is 32.3 Å². The average Bonchev–Trinajstić information content (AvgIpc) is 2.47. The third-order valence-electron chi connectivity index (χ3n) is 3.01. The minimum Gasteiger partial charge on any atom is -0.478 e. The fourth-order valence-electron chi connectivity index (χ4n) is 1.80. The first-order valence-corrected chi connectivity index (χ1v) is 6.70. The number of ether oxygens (including phenoxy) is 2. The molecule has 7 heteroatoms. The summed E-state index contributed by atoms with van der Waals surface area (Å²) in [6.45, 7) is -0.0301. The van der Waals surface area contributed by atoms with Crippen molar-refractivity contribution in [3.63, 3.8) is 0 Å². The van der Waals surface area contributed by atoms with E-state index in [9.17, 15) is 13.6 Å². The highest BCUT2D eigenvalue weighted by Gasteiger charge is 2.29. The number of hydrogen-bond donors (Lipinski definition) is 1. The van der Waals surface area contributed by atoms with Crippen LogP contribution in [0.5, 0.6) is 11.5 Å². The first-order valence-electron chi connectivity index (χ1n) is 6.70. The molecule has 0 aliphatic rings. The van der Waals surface area contributed by atoms with Gasteiger partial charge in [0.05, 0.1) is 6.20 Å². The molecular weight excluding hydrogens is 308 g/mol. The molecule has 0 bridgehead atoms. The topological polar surface area (TPSA) is 68.7 Å². The number of hydrogen-bond acceptors (Lipinski definition) is 4. The largest absolute Gasteiger partial charge is 0.478 e. The second-order valence-electron chi connectivity index (χ2n) is 5.23. The van der Waals surface area contributed by atoms with Crippen molar-refractivity contribution in [2.45, 2.75) is 26.1 Å².